The molecule has 1 amide bonds. The maximum atomic E-state index is 12.1. The number of amides is 1. The molecule has 134 valence electrons. The normalized spacial score (nSPS) is 13.3. The van der Waals surface area contributed by atoms with Gasteiger partial charge in [0.25, 0.3) is 0 Å². The molecule has 0 aliphatic rings. The predicted molar refractivity (Wildman–Crippen MR) is 100 cm³/mol. The van der Waals surface area contributed by atoms with Gasteiger partial charge in [0.2, 0.25) is 5.91 Å². The van der Waals surface area contributed by atoms with Gasteiger partial charge in [-0.15, -0.1) is 0 Å². The first-order valence-corrected chi connectivity index (χ1v) is 8.65. The molecule has 0 aromatic heterocycles. The van der Waals surface area contributed by atoms with Crippen molar-refractivity contribution in [2.24, 2.45) is 5.41 Å². The third-order valence-electron chi connectivity index (χ3n) is 3.94. The highest BCUT2D eigenvalue weighted by Gasteiger charge is 2.19. The lowest BCUT2D eigenvalue weighted by Crippen LogP contribution is -2.37. The van der Waals surface area contributed by atoms with Crippen LogP contribution in [0.1, 0.15) is 46.2 Å². The number of nitrogens with zero attached hydrogens (tertiary/aromatic N) is 1. The monoisotopic (exact) mass is 332 g/mol. The molecule has 1 rings (SSSR count). The highest BCUT2D eigenvalue weighted by molar-refractivity contribution is 5.87. The van der Waals surface area contributed by atoms with Crippen LogP contribution in [0.5, 0.6) is 5.75 Å². The van der Waals surface area contributed by atoms with Crippen molar-refractivity contribution in [1.29, 1.82) is 0 Å². The molecule has 0 bridgehead atoms. The molecule has 0 aliphatic carbocycles. The highest BCUT2D eigenvalue weighted by atomic mass is 16.5. The topological polar surface area (TPSA) is 41.6 Å². The number of ether oxygens (including phenoxy) is 1. The van der Waals surface area contributed by atoms with Crippen molar-refractivity contribution >= 4 is 5.91 Å². The molecule has 0 saturated heterocycles. The van der Waals surface area contributed by atoms with E-state index in [1.807, 2.05) is 24.3 Å². The molecule has 1 N–H and O–H groups in total. The molecule has 0 spiro atoms. The summed E-state index contributed by atoms with van der Waals surface area (Å²) >= 11 is 0. The van der Waals surface area contributed by atoms with E-state index in [1.54, 1.807) is 13.2 Å². The van der Waals surface area contributed by atoms with E-state index in [4.69, 9.17) is 4.74 Å². The summed E-state index contributed by atoms with van der Waals surface area (Å²) in [6.07, 6.45) is 3.56. The van der Waals surface area contributed by atoms with Crippen molar-refractivity contribution in [3.8, 4) is 5.75 Å². The molecule has 0 fully saturated rings. The van der Waals surface area contributed by atoms with E-state index in [1.165, 1.54) is 0 Å². The van der Waals surface area contributed by atoms with Crippen molar-refractivity contribution < 1.29 is 9.53 Å². The summed E-state index contributed by atoms with van der Waals surface area (Å²) in [6, 6.07) is 8.18. The highest BCUT2D eigenvalue weighted by Crippen LogP contribution is 2.23. The minimum atomic E-state index is -0.0509. The van der Waals surface area contributed by atoms with Crippen molar-refractivity contribution in [3.63, 3.8) is 0 Å². The number of allylic oxidation sites excluding steroid dienone is 1. The number of carbonyl (C=O) groups excluding carboxylic acids is 1. The Kier molecular flexibility index (Phi) is 7.99. The summed E-state index contributed by atoms with van der Waals surface area (Å²) in [4.78, 5) is 14.4. The Labute approximate surface area is 146 Å². The van der Waals surface area contributed by atoms with Gasteiger partial charge in [-0.2, -0.15) is 0 Å². The van der Waals surface area contributed by atoms with E-state index in [-0.39, 0.29) is 17.4 Å². The van der Waals surface area contributed by atoms with Gasteiger partial charge in [-0.25, -0.2) is 0 Å². The molecule has 0 heterocycles. The Hall–Kier alpha value is -1.81. The molecule has 1 aromatic carbocycles. The van der Waals surface area contributed by atoms with Crippen LogP contribution in [0.4, 0.5) is 0 Å². The van der Waals surface area contributed by atoms with Gasteiger partial charge in [0.05, 0.1) is 13.2 Å². The largest absolute Gasteiger partial charge is 0.497 e. The van der Waals surface area contributed by atoms with Crippen LogP contribution >= 0.6 is 0 Å². The molecule has 4 nitrogen and oxygen atoms in total. The molecule has 1 atom stereocenters. The van der Waals surface area contributed by atoms with Crippen molar-refractivity contribution in [2.45, 2.75) is 40.7 Å². The second-order valence-corrected chi connectivity index (χ2v) is 6.96. The molecule has 1 aromatic rings. The van der Waals surface area contributed by atoms with E-state index >= 15 is 0 Å². The quantitative estimate of drug-likeness (QED) is 0.736. The van der Waals surface area contributed by atoms with Crippen molar-refractivity contribution in [3.05, 3.63) is 42.0 Å². The Morgan fingerprint density at radius 3 is 2.50 bits per heavy atom. The zero-order chi connectivity index (χ0) is 18.2. The zero-order valence-electron chi connectivity index (χ0n) is 15.9. The Bertz CT molecular complexity index is 543. The summed E-state index contributed by atoms with van der Waals surface area (Å²) in [6.45, 7) is 12.9. The number of hydrogen-bond donors (Lipinski definition) is 1. The second kappa shape index (κ2) is 9.48. The second-order valence-electron chi connectivity index (χ2n) is 6.96. The number of carbonyl (C=O) groups is 1. The third-order valence-corrected chi connectivity index (χ3v) is 3.94. The van der Waals surface area contributed by atoms with Gasteiger partial charge >= 0.3 is 0 Å². The standard InChI is InChI=1S/C20H32N2O2/c1-7-22(8-2)18(16-10-9-11-17(14-16)24-6)15-21-19(23)12-13-20(3,4)5/h9-14,18H,7-8,15H2,1-6H3,(H,21,23). The number of likely N-dealkylation sites (N-methyl/N-ethyl adjacent to an activating group) is 1. The maximum absolute atomic E-state index is 12.1. The van der Waals surface area contributed by atoms with E-state index in [2.05, 4.69) is 50.9 Å². The number of rotatable bonds is 8. The SMILES string of the molecule is CCN(CC)C(CNC(=O)C=CC(C)(C)C)c1cccc(OC)c1. The smallest absolute Gasteiger partial charge is 0.243 e. The Morgan fingerprint density at radius 2 is 1.96 bits per heavy atom. The zero-order valence-corrected chi connectivity index (χ0v) is 15.9. The fraction of sp³-hybridized carbons (Fsp3) is 0.550. The Morgan fingerprint density at radius 1 is 1.29 bits per heavy atom. The summed E-state index contributed by atoms with van der Waals surface area (Å²) in [5.41, 5.74) is 1.15. The van der Waals surface area contributed by atoms with Gasteiger partial charge in [-0.05, 0) is 42.3 Å². The molecule has 1 unspecified atom stereocenters. The van der Waals surface area contributed by atoms with Crippen LogP contribution < -0.4 is 10.1 Å². The predicted octanol–water partition coefficient (Wildman–Crippen LogP) is 3.80. The van der Waals surface area contributed by atoms with Crippen molar-refractivity contribution in [2.75, 3.05) is 26.7 Å². The van der Waals surface area contributed by atoms with E-state index in [0.29, 0.717) is 6.54 Å². The minimum Gasteiger partial charge on any atom is -0.497 e. The molecule has 24 heavy (non-hydrogen) atoms. The van der Waals surface area contributed by atoms with E-state index < -0.39 is 0 Å². The number of hydrogen-bond acceptors (Lipinski definition) is 3. The van der Waals surface area contributed by atoms with Gasteiger partial charge in [-0.1, -0.05) is 52.8 Å². The van der Waals surface area contributed by atoms with Gasteiger partial charge in [0, 0.05) is 6.54 Å². The first kappa shape index (κ1) is 20.2. The first-order valence-electron chi connectivity index (χ1n) is 8.65. The summed E-state index contributed by atoms with van der Waals surface area (Å²) in [7, 11) is 1.67. The number of nitrogens with one attached hydrogen (secondary N) is 1. The van der Waals surface area contributed by atoms with Crippen LogP contribution in [0.3, 0.4) is 0 Å². The van der Waals surface area contributed by atoms with Gasteiger partial charge in [0.15, 0.2) is 0 Å². The maximum Gasteiger partial charge on any atom is 0.243 e. The summed E-state index contributed by atoms with van der Waals surface area (Å²) < 4.78 is 5.34. The average molecular weight is 332 g/mol. The van der Waals surface area contributed by atoms with Crippen molar-refractivity contribution in [1.82, 2.24) is 10.2 Å². The molecule has 0 radical (unpaired) electrons. The first-order chi connectivity index (χ1) is 11.3. The molecule has 0 aliphatic heterocycles. The lowest BCUT2D eigenvalue weighted by Gasteiger charge is -2.30. The minimum absolute atomic E-state index is 0.00239. The summed E-state index contributed by atoms with van der Waals surface area (Å²) in [5.74, 6) is 0.786. The van der Waals surface area contributed by atoms with Gasteiger partial charge in [0.1, 0.15) is 5.75 Å². The van der Waals surface area contributed by atoms with Crippen LogP contribution in [0.25, 0.3) is 0 Å². The van der Waals surface area contributed by atoms with Crippen LogP contribution in [0.2, 0.25) is 0 Å². The number of methoxy groups -OCH3 is 1. The molecular formula is C20H32N2O2. The van der Waals surface area contributed by atoms with Crippen LogP contribution in [-0.4, -0.2) is 37.6 Å². The van der Waals surface area contributed by atoms with Crippen LogP contribution in [-0.2, 0) is 4.79 Å². The van der Waals surface area contributed by atoms with Crippen LogP contribution in [0, 0.1) is 5.41 Å². The fourth-order valence-electron chi connectivity index (χ4n) is 2.55. The van der Waals surface area contributed by atoms with E-state index in [9.17, 15) is 4.79 Å². The fourth-order valence-corrected chi connectivity index (χ4v) is 2.55. The summed E-state index contributed by atoms with van der Waals surface area (Å²) in [5, 5.41) is 3.03. The lowest BCUT2D eigenvalue weighted by atomic mass is 9.96. The average Bonchev–Trinajstić information content (AvgIpc) is 2.56. The van der Waals surface area contributed by atoms with E-state index in [0.717, 1.165) is 24.4 Å². The molecular weight excluding hydrogens is 300 g/mol. The Balaban J connectivity index is 2.87. The number of benzene rings is 1. The van der Waals surface area contributed by atoms with Gasteiger partial charge < -0.3 is 10.1 Å². The third kappa shape index (κ3) is 6.75. The van der Waals surface area contributed by atoms with Crippen LogP contribution in [0.15, 0.2) is 36.4 Å². The molecule has 4 heteroatoms. The molecule has 0 saturated carbocycles. The lowest BCUT2D eigenvalue weighted by molar-refractivity contribution is -0.116. The van der Waals surface area contributed by atoms with Gasteiger partial charge in [-0.3, -0.25) is 9.69 Å².